The van der Waals surface area contributed by atoms with Gasteiger partial charge in [-0.05, 0) is 44.2 Å². The number of aliphatic hydroxyl groups excluding tert-OH is 1. The van der Waals surface area contributed by atoms with Crippen LogP contribution in [0, 0.1) is 13.8 Å². The average Bonchev–Trinajstić information content (AvgIpc) is 3.42. The third-order valence-corrected chi connectivity index (χ3v) is 5.13. The van der Waals surface area contributed by atoms with Crippen molar-refractivity contribution in [2.75, 3.05) is 13.2 Å². The summed E-state index contributed by atoms with van der Waals surface area (Å²) >= 11 is 0. The first-order valence-electron chi connectivity index (χ1n) is 9.08. The van der Waals surface area contributed by atoms with E-state index in [1.54, 1.807) is 0 Å². The summed E-state index contributed by atoms with van der Waals surface area (Å²) in [6.07, 6.45) is 2.44. The monoisotopic (exact) mass is 337 g/mol. The highest BCUT2D eigenvalue weighted by Crippen LogP contribution is 2.49. The lowest BCUT2D eigenvalue weighted by Gasteiger charge is -2.28. The molecule has 1 saturated carbocycles. The van der Waals surface area contributed by atoms with Gasteiger partial charge >= 0.3 is 0 Å². The van der Waals surface area contributed by atoms with Gasteiger partial charge in [0.25, 0.3) is 0 Å². The summed E-state index contributed by atoms with van der Waals surface area (Å²) in [5.74, 6) is 0.199. The lowest BCUT2D eigenvalue weighted by molar-refractivity contribution is -0.134. The van der Waals surface area contributed by atoms with Gasteiger partial charge in [-0.25, -0.2) is 0 Å². The zero-order valence-corrected chi connectivity index (χ0v) is 15.2. The Kier molecular flexibility index (Phi) is 5.24. The second-order valence-electron chi connectivity index (χ2n) is 7.24. The Labute approximate surface area is 150 Å². The molecular weight excluding hydrogens is 310 g/mol. The molecule has 0 spiro atoms. The van der Waals surface area contributed by atoms with Gasteiger partial charge in [-0.1, -0.05) is 59.7 Å². The molecule has 1 aliphatic carbocycles. The fraction of sp³-hybridized carbons (Fsp3) is 0.409. The minimum absolute atomic E-state index is 0.106. The quantitative estimate of drug-likeness (QED) is 0.836. The highest BCUT2D eigenvalue weighted by Gasteiger charge is 2.52. The molecular formula is C22H27NO2. The molecule has 2 aromatic carbocycles. The van der Waals surface area contributed by atoms with Crippen LogP contribution in [0.3, 0.4) is 0 Å². The van der Waals surface area contributed by atoms with Crippen LogP contribution in [0.4, 0.5) is 0 Å². The van der Waals surface area contributed by atoms with Crippen LogP contribution < -0.4 is 0 Å². The van der Waals surface area contributed by atoms with Gasteiger partial charge in [-0.15, -0.1) is 0 Å². The van der Waals surface area contributed by atoms with Crippen molar-refractivity contribution < 1.29 is 9.90 Å². The van der Waals surface area contributed by atoms with E-state index in [9.17, 15) is 9.90 Å². The van der Waals surface area contributed by atoms with E-state index in [1.165, 1.54) is 11.1 Å². The van der Waals surface area contributed by atoms with E-state index >= 15 is 0 Å². The number of carbonyl (C=O) groups is 1. The van der Waals surface area contributed by atoms with Crippen molar-refractivity contribution in [3.63, 3.8) is 0 Å². The number of amides is 1. The van der Waals surface area contributed by atoms with Gasteiger partial charge in [0.1, 0.15) is 0 Å². The first kappa shape index (κ1) is 17.7. The van der Waals surface area contributed by atoms with Crippen LogP contribution in [-0.2, 0) is 16.8 Å². The summed E-state index contributed by atoms with van der Waals surface area (Å²) in [6.45, 7) is 5.43. The predicted octanol–water partition coefficient (Wildman–Crippen LogP) is 3.75. The molecule has 1 fully saturated rings. The van der Waals surface area contributed by atoms with E-state index in [-0.39, 0.29) is 17.9 Å². The van der Waals surface area contributed by atoms with E-state index in [4.69, 9.17) is 0 Å². The van der Waals surface area contributed by atoms with Crippen LogP contribution in [0.25, 0.3) is 0 Å². The van der Waals surface area contributed by atoms with Crippen LogP contribution in [0.5, 0.6) is 0 Å². The van der Waals surface area contributed by atoms with E-state index in [0.29, 0.717) is 19.5 Å². The minimum atomic E-state index is -0.353. The molecule has 3 heteroatoms. The Morgan fingerprint density at radius 3 is 2.08 bits per heavy atom. The van der Waals surface area contributed by atoms with E-state index in [2.05, 4.69) is 62.4 Å². The number of nitrogens with zero attached hydrogens (tertiary/aromatic N) is 1. The van der Waals surface area contributed by atoms with Crippen molar-refractivity contribution in [2.24, 2.45) is 0 Å². The van der Waals surface area contributed by atoms with E-state index < -0.39 is 0 Å². The SMILES string of the molecule is Cc1ccc(CN(CCCO)C(=O)C2(c3ccc(C)cc3)CC2)cc1. The standard InChI is InChI=1S/C22H27NO2/c1-17-4-8-19(9-5-17)16-23(14-3-15-24)21(25)22(12-13-22)20-10-6-18(2)7-11-20/h4-11,24H,3,12-16H2,1-2H3. The zero-order valence-electron chi connectivity index (χ0n) is 15.2. The molecule has 3 rings (SSSR count). The maximum atomic E-state index is 13.3. The fourth-order valence-corrected chi connectivity index (χ4v) is 3.35. The third-order valence-electron chi connectivity index (χ3n) is 5.13. The predicted molar refractivity (Wildman–Crippen MR) is 100 cm³/mol. The molecule has 1 N–H and O–H groups in total. The van der Waals surface area contributed by atoms with Crippen molar-refractivity contribution in [3.8, 4) is 0 Å². The van der Waals surface area contributed by atoms with Crippen LogP contribution in [0.1, 0.15) is 41.5 Å². The zero-order chi connectivity index (χ0) is 17.9. The fourth-order valence-electron chi connectivity index (χ4n) is 3.35. The van der Waals surface area contributed by atoms with Crippen LogP contribution in [0.2, 0.25) is 0 Å². The topological polar surface area (TPSA) is 40.5 Å². The molecule has 0 radical (unpaired) electrons. The van der Waals surface area contributed by atoms with Gasteiger partial charge in [0, 0.05) is 19.7 Å². The Bertz CT molecular complexity index is 715. The maximum absolute atomic E-state index is 13.3. The molecule has 0 unspecified atom stereocenters. The summed E-state index contributed by atoms with van der Waals surface area (Å²) in [4.78, 5) is 15.3. The largest absolute Gasteiger partial charge is 0.396 e. The highest BCUT2D eigenvalue weighted by molar-refractivity contribution is 5.91. The molecule has 1 aliphatic rings. The molecule has 0 bridgehead atoms. The third kappa shape index (κ3) is 3.93. The molecule has 3 nitrogen and oxygen atoms in total. The summed E-state index contributed by atoms with van der Waals surface area (Å²) in [7, 11) is 0. The molecule has 0 atom stereocenters. The molecule has 1 amide bonds. The number of hydrogen-bond donors (Lipinski definition) is 1. The van der Waals surface area contributed by atoms with Gasteiger partial charge in [-0.2, -0.15) is 0 Å². The van der Waals surface area contributed by atoms with Crippen molar-refractivity contribution >= 4 is 5.91 Å². The van der Waals surface area contributed by atoms with Gasteiger partial charge in [0.15, 0.2) is 0 Å². The van der Waals surface area contributed by atoms with Gasteiger partial charge < -0.3 is 10.0 Å². The Balaban J connectivity index is 1.81. The van der Waals surface area contributed by atoms with Crippen LogP contribution in [0.15, 0.2) is 48.5 Å². The lowest BCUT2D eigenvalue weighted by atomic mass is 9.93. The molecule has 0 saturated heterocycles. The summed E-state index contributed by atoms with van der Waals surface area (Å²) < 4.78 is 0. The van der Waals surface area contributed by atoms with Gasteiger partial charge in [0.2, 0.25) is 5.91 Å². The number of benzene rings is 2. The molecule has 132 valence electrons. The first-order chi connectivity index (χ1) is 12.0. The summed E-state index contributed by atoms with van der Waals surface area (Å²) in [6, 6.07) is 16.7. The smallest absolute Gasteiger partial charge is 0.233 e. The Morgan fingerprint density at radius 2 is 1.56 bits per heavy atom. The van der Waals surface area contributed by atoms with E-state index in [0.717, 1.165) is 24.0 Å². The molecule has 2 aromatic rings. The second kappa shape index (κ2) is 7.40. The van der Waals surface area contributed by atoms with Crippen LogP contribution in [-0.4, -0.2) is 29.1 Å². The van der Waals surface area contributed by atoms with Crippen molar-refractivity contribution in [2.45, 2.75) is 45.1 Å². The Hall–Kier alpha value is -2.13. The normalized spacial score (nSPS) is 15.0. The van der Waals surface area contributed by atoms with Crippen molar-refractivity contribution in [3.05, 3.63) is 70.8 Å². The number of rotatable bonds is 7. The van der Waals surface area contributed by atoms with Crippen molar-refractivity contribution in [1.82, 2.24) is 4.90 Å². The van der Waals surface area contributed by atoms with Gasteiger partial charge in [-0.3, -0.25) is 4.79 Å². The van der Waals surface area contributed by atoms with Gasteiger partial charge in [0.05, 0.1) is 5.41 Å². The van der Waals surface area contributed by atoms with E-state index in [1.807, 2.05) is 4.90 Å². The number of aliphatic hydroxyl groups is 1. The summed E-state index contributed by atoms with van der Waals surface area (Å²) in [5.41, 5.74) is 4.34. The maximum Gasteiger partial charge on any atom is 0.233 e. The van der Waals surface area contributed by atoms with Crippen molar-refractivity contribution in [1.29, 1.82) is 0 Å². The molecule has 25 heavy (non-hydrogen) atoms. The summed E-state index contributed by atoms with van der Waals surface area (Å²) in [5, 5.41) is 9.23. The lowest BCUT2D eigenvalue weighted by Crippen LogP contribution is -2.39. The first-order valence-corrected chi connectivity index (χ1v) is 9.08. The highest BCUT2D eigenvalue weighted by atomic mass is 16.3. The molecule has 0 aliphatic heterocycles. The minimum Gasteiger partial charge on any atom is -0.396 e. The van der Waals surface area contributed by atoms with Crippen LogP contribution >= 0.6 is 0 Å². The molecule has 0 aromatic heterocycles. The number of aryl methyl sites for hydroxylation is 2. The number of hydrogen-bond acceptors (Lipinski definition) is 2. The second-order valence-corrected chi connectivity index (χ2v) is 7.24. The average molecular weight is 337 g/mol. The Morgan fingerprint density at radius 1 is 1.00 bits per heavy atom. The number of carbonyl (C=O) groups excluding carboxylic acids is 1. The molecule has 0 heterocycles.